The Hall–Kier alpha value is -3.08. The number of hydrogen-bond acceptors (Lipinski definition) is 5. The maximum atomic E-state index is 5.99. The summed E-state index contributed by atoms with van der Waals surface area (Å²) in [5.74, 6) is 1.69. The van der Waals surface area contributed by atoms with Gasteiger partial charge in [-0.2, -0.15) is 0 Å². The minimum Gasteiger partial charge on any atom is -0.494 e. The highest BCUT2D eigenvalue weighted by atomic mass is 16.5. The zero-order chi connectivity index (χ0) is 24.8. The first-order valence-electron chi connectivity index (χ1n) is 12.9. The van der Waals surface area contributed by atoms with E-state index in [1.54, 1.807) is 0 Å². The van der Waals surface area contributed by atoms with E-state index in [9.17, 15) is 0 Å². The van der Waals surface area contributed by atoms with Crippen molar-refractivity contribution in [2.24, 2.45) is 5.41 Å². The summed E-state index contributed by atoms with van der Waals surface area (Å²) in [5.41, 5.74) is 7.47. The molecule has 0 N–H and O–H groups in total. The summed E-state index contributed by atoms with van der Waals surface area (Å²) < 4.78 is 11.5. The van der Waals surface area contributed by atoms with E-state index in [1.165, 1.54) is 29.7 Å². The van der Waals surface area contributed by atoms with Gasteiger partial charge in [0.25, 0.3) is 0 Å². The normalized spacial score (nSPS) is 15.2. The predicted molar refractivity (Wildman–Crippen MR) is 144 cm³/mol. The summed E-state index contributed by atoms with van der Waals surface area (Å²) in [6, 6.07) is 12.3. The first-order chi connectivity index (χ1) is 16.9. The molecule has 35 heavy (non-hydrogen) atoms. The zero-order valence-electron chi connectivity index (χ0n) is 21.9. The molecule has 1 aliphatic rings. The standard InChI is InChI=1S/C30H39N3O2/c1-6-26-22(3)31-21-27(29(26)33-17-15-30(4,5)16-18-33)28-13-12-25(20-32-28)35-19-14-23-8-10-24(11-9-23)34-7-2/h8-13,20-21H,6-7,14-19H2,1-5H3. The Labute approximate surface area is 210 Å². The lowest BCUT2D eigenvalue weighted by atomic mass is 9.82. The molecular weight excluding hydrogens is 434 g/mol. The van der Waals surface area contributed by atoms with Gasteiger partial charge in [-0.15, -0.1) is 0 Å². The third kappa shape index (κ3) is 6.14. The lowest BCUT2D eigenvalue weighted by Crippen LogP contribution is -2.38. The van der Waals surface area contributed by atoms with E-state index < -0.39 is 0 Å². The maximum absolute atomic E-state index is 5.99. The molecule has 2 aromatic heterocycles. The van der Waals surface area contributed by atoms with Crippen LogP contribution < -0.4 is 14.4 Å². The number of hydrogen-bond donors (Lipinski definition) is 0. The average molecular weight is 474 g/mol. The molecule has 0 atom stereocenters. The second-order valence-electron chi connectivity index (χ2n) is 10.1. The van der Waals surface area contributed by atoms with E-state index in [-0.39, 0.29) is 0 Å². The molecule has 0 aliphatic carbocycles. The van der Waals surface area contributed by atoms with Gasteiger partial charge in [-0.3, -0.25) is 9.97 Å². The van der Waals surface area contributed by atoms with E-state index in [0.29, 0.717) is 18.6 Å². The Morgan fingerprint density at radius 1 is 0.886 bits per heavy atom. The minimum absolute atomic E-state index is 0.410. The van der Waals surface area contributed by atoms with Crippen molar-refractivity contribution in [3.8, 4) is 22.8 Å². The lowest BCUT2D eigenvalue weighted by Gasteiger charge is -2.40. The topological polar surface area (TPSA) is 47.5 Å². The fourth-order valence-corrected chi connectivity index (χ4v) is 4.77. The molecule has 0 amide bonds. The Balaban J connectivity index is 1.46. The van der Waals surface area contributed by atoms with Crippen molar-refractivity contribution in [1.29, 1.82) is 0 Å². The molecule has 1 aliphatic heterocycles. The first kappa shape index (κ1) is 25.0. The van der Waals surface area contributed by atoms with Crippen LogP contribution in [0.5, 0.6) is 11.5 Å². The number of ether oxygens (including phenoxy) is 2. The summed E-state index contributed by atoms with van der Waals surface area (Å²) >= 11 is 0. The Kier molecular flexibility index (Phi) is 7.94. The van der Waals surface area contributed by atoms with Gasteiger partial charge in [0.15, 0.2) is 0 Å². The average Bonchev–Trinajstić information content (AvgIpc) is 2.86. The van der Waals surface area contributed by atoms with E-state index in [0.717, 1.165) is 54.4 Å². The molecular formula is C30H39N3O2. The van der Waals surface area contributed by atoms with Crippen LogP contribution in [0.25, 0.3) is 11.3 Å². The molecule has 4 rings (SSSR count). The van der Waals surface area contributed by atoms with Gasteiger partial charge in [-0.05, 0) is 73.9 Å². The third-order valence-corrected chi connectivity index (χ3v) is 7.06. The summed E-state index contributed by atoms with van der Waals surface area (Å²) in [4.78, 5) is 12.1. The molecule has 5 nitrogen and oxygen atoms in total. The van der Waals surface area contributed by atoms with Crippen molar-refractivity contribution < 1.29 is 9.47 Å². The molecule has 0 bridgehead atoms. The second-order valence-corrected chi connectivity index (χ2v) is 10.1. The third-order valence-electron chi connectivity index (χ3n) is 7.06. The van der Waals surface area contributed by atoms with Gasteiger partial charge in [0.2, 0.25) is 0 Å². The predicted octanol–water partition coefficient (Wildman–Crippen LogP) is 6.66. The van der Waals surface area contributed by atoms with Gasteiger partial charge >= 0.3 is 0 Å². The number of aryl methyl sites for hydroxylation is 1. The summed E-state index contributed by atoms with van der Waals surface area (Å²) in [6.07, 6.45) is 8.04. The molecule has 1 saturated heterocycles. The quantitative estimate of drug-likeness (QED) is 0.348. The van der Waals surface area contributed by atoms with Crippen molar-refractivity contribution in [2.45, 2.75) is 60.3 Å². The van der Waals surface area contributed by atoms with Crippen molar-refractivity contribution in [1.82, 2.24) is 9.97 Å². The van der Waals surface area contributed by atoms with Crippen molar-refractivity contribution in [3.63, 3.8) is 0 Å². The summed E-state index contributed by atoms with van der Waals surface area (Å²) in [5, 5.41) is 0. The minimum atomic E-state index is 0.410. The number of anilines is 1. The molecule has 5 heteroatoms. The van der Waals surface area contributed by atoms with Crippen molar-refractivity contribution in [2.75, 3.05) is 31.2 Å². The molecule has 3 heterocycles. The van der Waals surface area contributed by atoms with Crippen LogP contribution in [0.15, 0.2) is 48.8 Å². The number of aromatic nitrogens is 2. The van der Waals surface area contributed by atoms with E-state index >= 15 is 0 Å². The van der Waals surface area contributed by atoms with Gasteiger partial charge in [0.05, 0.1) is 30.8 Å². The van der Waals surface area contributed by atoms with Crippen LogP contribution in [0.1, 0.15) is 57.4 Å². The SMILES string of the molecule is CCOc1ccc(CCOc2ccc(-c3cnc(C)c(CC)c3N3CCC(C)(C)CC3)nc2)cc1. The molecule has 186 valence electrons. The highest BCUT2D eigenvalue weighted by Crippen LogP contribution is 2.39. The lowest BCUT2D eigenvalue weighted by molar-refractivity contribution is 0.279. The van der Waals surface area contributed by atoms with Gasteiger partial charge in [0.1, 0.15) is 11.5 Å². The van der Waals surface area contributed by atoms with Crippen LogP contribution in [0.2, 0.25) is 0 Å². The molecule has 1 fully saturated rings. The molecule has 3 aromatic rings. The largest absolute Gasteiger partial charge is 0.494 e. The summed E-state index contributed by atoms with van der Waals surface area (Å²) in [6.45, 7) is 14.5. The van der Waals surface area contributed by atoms with E-state index in [4.69, 9.17) is 19.4 Å². The van der Waals surface area contributed by atoms with Crippen LogP contribution in [0.3, 0.4) is 0 Å². The van der Waals surface area contributed by atoms with Gasteiger partial charge in [-0.25, -0.2) is 0 Å². The molecule has 1 aromatic carbocycles. The van der Waals surface area contributed by atoms with Gasteiger partial charge in [0, 0.05) is 37.0 Å². The molecule has 0 unspecified atom stereocenters. The Morgan fingerprint density at radius 3 is 2.23 bits per heavy atom. The number of rotatable bonds is 9. The van der Waals surface area contributed by atoms with Crippen LogP contribution in [0, 0.1) is 12.3 Å². The van der Waals surface area contributed by atoms with E-state index in [1.807, 2.05) is 37.5 Å². The highest BCUT2D eigenvalue weighted by molar-refractivity contribution is 5.79. The van der Waals surface area contributed by atoms with Crippen LogP contribution in [0.4, 0.5) is 5.69 Å². The second kappa shape index (κ2) is 11.1. The number of piperidine rings is 1. The number of benzene rings is 1. The monoisotopic (exact) mass is 473 g/mol. The highest BCUT2D eigenvalue weighted by Gasteiger charge is 2.28. The maximum Gasteiger partial charge on any atom is 0.137 e. The molecule has 0 saturated carbocycles. The van der Waals surface area contributed by atoms with Crippen LogP contribution in [-0.2, 0) is 12.8 Å². The number of nitrogens with zero attached hydrogens (tertiary/aromatic N) is 3. The van der Waals surface area contributed by atoms with Crippen LogP contribution >= 0.6 is 0 Å². The van der Waals surface area contributed by atoms with Crippen molar-refractivity contribution in [3.05, 3.63) is 65.6 Å². The zero-order valence-corrected chi connectivity index (χ0v) is 21.9. The number of pyridine rings is 2. The molecule has 0 radical (unpaired) electrons. The Morgan fingerprint density at radius 2 is 1.60 bits per heavy atom. The van der Waals surface area contributed by atoms with Gasteiger partial charge < -0.3 is 14.4 Å². The van der Waals surface area contributed by atoms with E-state index in [2.05, 4.69) is 50.8 Å². The summed E-state index contributed by atoms with van der Waals surface area (Å²) in [7, 11) is 0. The molecule has 0 spiro atoms. The first-order valence-corrected chi connectivity index (χ1v) is 12.9. The smallest absolute Gasteiger partial charge is 0.137 e. The van der Waals surface area contributed by atoms with Crippen molar-refractivity contribution >= 4 is 5.69 Å². The fourth-order valence-electron chi connectivity index (χ4n) is 4.77. The van der Waals surface area contributed by atoms with Gasteiger partial charge in [-0.1, -0.05) is 32.9 Å². The van der Waals surface area contributed by atoms with Crippen LogP contribution in [-0.4, -0.2) is 36.3 Å². The Bertz CT molecular complexity index is 1100. The fraction of sp³-hybridized carbons (Fsp3) is 0.467.